The highest BCUT2D eigenvalue weighted by molar-refractivity contribution is 7.13. The maximum absolute atomic E-state index is 12.3. The Labute approximate surface area is 160 Å². The van der Waals surface area contributed by atoms with Gasteiger partial charge in [0, 0.05) is 10.9 Å². The molecule has 1 heterocycles. The molecule has 1 aromatic heterocycles. The van der Waals surface area contributed by atoms with Gasteiger partial charge in [-0.2, -0.15) is 0 Å². The minimum Gasteiger partial charge on any atom is -0.497 e. The van der Waals surface area contributed by atoms with Crippen LogP contribution in [-0.4, -0.2) is 29.1 Å². The largest absolute Gasteiger partial charge is 0.497 e. The summed E-state index contributed by atoms with van der Waals surface area (Å²) in [7, 11) is 1.53. The van der Waals surface area contributed by atoms with Crippen LogP contribution in [0.1, 0.15) is 17.3 Å². The fourth-order valence-electron chi connectivity index (χ4n) is 2.56. The number of aromatic nitrogens is 1. The summed E-state index contributed by atoms with van der Waals surface area (Å²) in [5.41, 5.74) is 2.06. The number of carbonyl (C=O) groups excluding carboxylic acids is 1. The lowest BCUT2D eigenvalue weighted by Gasteiger charge is -2.15. The van der Waals surface area contributed by atoms with E-state index in [-0.39, 0.29) is 6.42 Å². The van der Waals surface area contributed by atoms with Gasteiger partial charge in [0.05, 0.1) is 19.2 Å². The number of methoxy groups -OCH3 is 1. The Morgan fingerprint density at radius 3 is 2.48 bits per heavy atom. The summed E-state index contributed by atoms with van der Waals surface area (Å²) >= 11 is 1.45. The number of thiazole rings is 1. The average molecular weight is 382 g/mol. The number of nitrogens with one attached hydrogen (secondary N) is 1. The highest BCUT2D eigenvalue weighted by atomic mass is 32.1. The van der Waals surface area contributed by atoms with Crippen LogP contribution in [0.5, 0.6) is 5.75 Å². The topological polar surface area (TPSA) is 88.5 Å². The normalized spacial score (nSPS) is 11.6. The predicted octanol–water partition coefficient (Wildman–Crippen LogP) is 3.30. The van der Waals surface area contributed by atoms with Crippen molar-refractivity contribution in [2.24, 2.45) is 0 Å². The molecule has 0 spiro atoms. The van der Waals surface area contributed by atoms with Gasteiger partial charge in [0.15, 0.2) is 6.04 Å². The highest BCUT2D eigenvalue weighted by Crippen LogP contribution is 2.24. The zero-order chi connectivity index (χ0) is 19.2. The Hall–Kier alpha value is -3.19. The van der Waals surface area contributed by atoms with Crippen molar-refractivity contribution in [3.8, 4) is 16.3 Å². The first-order valence-corrected chi connectivity index (χ1v) is 9.10. The van der Waals surface area contributed by atoms with Gasteiger partial charge in [0.2, 0.25) is 5.91 Å². The number of hydrogen-bond acceptors (Lipinski definition) is 5. The number of carboxylic acids is 1. The standard InChI is InChI=1S/C20H18N2O4S/c1-26-16-9-7-13(8-10-16)18(20(24)25)22-17(23)11-15-12-27-19(21-15)14-5-3-2-4-6-14/h2-10,12,18H,11H2,1H3,(H,22,23)(H,24,25). The Morgan fingerprint density at radius 2 is 1.85 bits per heavy atom. The quantitative estimate of drug-likeness (QED) is 0.654. The second-order valence-corrected chi connectivity index (χ2v) is 6.66. The molecule has 1 unspecified atom stereocenters. The third-order valence-corrected chi connectivity index (χ3v) is 4.86. The van der Waals surface area contributed by atoms with Crippen LogP contribution in [0.2, 0.25) is 0 Å². The van der Waals surface area contributed by atoms with Crippen LogP contribution in [0.15, 0.2) is 60.0 Å². The van der Waals surface area contributed by atoms with E-state index in [9.17, 15) is 14.7 Å². The van der Waals surface area contributed by atoms with E-state index >= 15 is 0 Å². The summed E-state index contributed by atoms with van der Waals surface area (Å²) in [5.74, 6) is -0.912. The molecule has 0 radical (unpaired) electrons. The van der Waals surface area contributed by atoms with E-state index < -0.39 is 17.9 Å². The molecular weight excluding hydrogens is 364 g/mol. The van der Waals surface area contributed by atoms with Crippen molar-refractivity contribution in [2.45, 2.75) is 12.5 Å². The molecule has 0 saturated heterocycles. The lowest BCUT2D eigenvalue weighted by Crippen LogP contribution is -2.34. The molecule has 1 atom stereocenters. The smallest absolute Gasteiger partial charge is 0.330 e. The van der Waals surface area contributed by atoms with Crippen molar-refractivity contribution in [2.75, 3.05) is 7.11 Å². The van der Waals surface area contributed by atoms with Crippen molar-refractivity contribution in [3.63, 3.8) is 0 Å². The number of carbonyl (C=O) groups is 2. The molecule has 0 aliphatic heterocycles. The van der Waals surface area contributed by atoms with Crippen molar-refractivity contribution < 1.29 is 19.4 Å². The Balaban J connectivity index is 1.68. The number of aliphatic carboxylic acids is 1. The molecule has 3 rings (SSSR count). The second kappa shape index (κ2) is 8.46. The Bertz CT molecular complexity index is 923. The summed E-state index contributed by atoms with van der Waals surface area (Å²) in [6.07, 6.45) is 0.0171. The molecule has 0 saturated carbocycles. The summed E-state index contributed by atoms with van der Waals surface area (Å²) < 4.78 is 5.07. The van der Waals surface area contributed by atoms with E-state index in [1.165, 1.54) is 18.4 Å². The first-order valence-electron chi connectivity index (χ1n) is 8.23. The number of carboxylic acid groups (broad SMARTS) is 1. The summed E-state index contributed by atoms with van der Waals surface area (Å²) in [4.78, 5) is 28.4. The minimum atomic E-state index is -1.13. The zero-order valence-electron chi connectivity index (χ0n) is 14.6. The van der Waals surface area contributed by atoms with Crippen LogP contribution in [0.3, 0.4) is 0 Å². The molecule has 27 heavy (non-hydrogen) atoms. The lowest BCUT2D eigenvalue weighted by atomic mass is 10.1. The summed E-state index contributed by atoms with van der Waals surface area (Å²) in [6, 6.07) is 15.1. The van der Waals surface area contributed by atoms with E-state index in [0.717, 1.165) is 10.6 Å². The molecule has 0 bridgehead atoms. The lowest BCUT2D eigenvalue weighted by molar-refractivity contribution is -0.142. The zero-order valence-corrected chi connectivity index (χ0v) is 15.4. The minimum absolute atomic E-state index is 0.0171. The summed E-state index contributed by atoms with van der Waals surface area (Å²) in [6.45, 7) is 0. The second-order valence-electron chi connectivity index (χ2n) is 5.80. The van der Waals surface area contributed by atoms with Gasteiger partial charge < -0.3 is 15.2 Å². The molecule has 6 nitrogen and oxygen atoms in total. The number of benzene rings is 2. The van der Waals surface area contributed by atoms with Gasteiger partial charge in [-0.1, -0.05) is 42.5 Å². The number of rotatable bonds is 7. The number of nitrogens with zero attached hydrogens (tertiary/aromatic N) is 1. The molecule has 0 fully saturated rings. The van der Waals surface area contributed by atoms with Crippen LogP contribution in [0.25, 0.3) is 10.6 Å². The van der Waals surface area contributed by atoms with Gasteiger partial charge >= 0.3 is 5.97 Å². The van der Waals surface area contributed by atoms with Crippen molar-refractivity contribution in [3.05, 3.63) is 71.2 Å². The van der Waals surface area contributed by atoms with Crippen LogP contribution < -0.4 is 10.1 Å². The van der Waals surface area contributed by atoms with Gasteiger partial charge in [-0.25, -0.2) is 9.78 Å². The molecule has 1 amide bonds. The van der Waals surface area contributed by atoms with E-state index in [1.54, 1.807) is 24.3 Å². The average Bonchev–Trinajstić information content (AvgIpc) is 3.15. The van der Waals surface area contributed by atoms with E-state index in [2.05, 4.69) is 10.3 Å². The van der Waals surface area contributed by atoms with Crippen LogP contribution >= 0.6 is 11.3 Å². The number of amides is 1. The van der Waals surface area contributed by atoms with Gasteiger partial charge in [0.1, 0.15) is 10.8 Å². The van der Waals surface area contributed by atoms with Crippen LogP contribution in [0.4, 0.5) is 0 Å². The van der Waals surface area contributed by atoms with Gasteiger partial charge in [0.25, 0.3) is 0 Å². The number of hydrogen-bond donors (Lipinski definition) is 2. The van der Waals surface area contributed by atoms with Crippen molar-refractivity contribution in [1.29, 1.82) is 0 Å². The predicted molar refractivity (Wildman–Crippen MR) is 103 cm³/mol. The summed E-state index contributed by atoms with van der Waals surface area (Å²) in [5, 5.41) is 14.6. The van der Waals surface area contributed by atoms with Gasteiger partial charge in [-0.15, -0.1) is 11.3 Å². The van der Waals surface area contributed by atoms with Crippen molar-refractivity contribution in [1.82, 2.24) is 10.3 Å². The van der Waals surface area contributed by atoms with E-state index in [4.69, 9.17) is 4.74 Å². The highest BCUT2D eigenvalue weighted by Gasteiger charge is 2.22. The van der Waals surface area contributed by atoms with Gasteiger partial charge in [-0.3, -0.25) is 4.79 Å². The molecule has 0 aliphatic rings. The van der Waals surface area contributed by atoms with Crippen LogP contribution in [-0.2, 0) is 16.0 Å². The number of ether oxygens (including phenoxy) is 1. The maximum Gasteiger partial charge on any atom is 0.330 e. The first-order chi connectivity index (χ1) is 13.1. The fourth-order valence-corrected chi connectivity index (χ4v) is 3.39. The molecule has 2 aromatic carbocycles. The maximum atomic E-state index is 12.3. The molecule has 0 aliphatic carbocycles. The third-order valence-electron chi connectivity index (χ3n) is 3.92. The van der Waals surface area contributed by atoms with Crippen molar-refractivity contribution >= 4 is 23.2 Å². The third kappa shape index (κ3) is 4.71. The molecule has 2 N–H and O–H groups in total. The molecular formula is C20H18N2O4S. The van der Waals surface area contributed by atoms with E-state index in [1.807, 2.05) is 35.7 Å². The van der Waals surface area contributed by atoms with Crippen LogP contribution in [0, 0.1) is 0 Å². The molecule has 138 valence electrons. The monoisotopic (exact) mass is 382 g/mol. The Morgan fingerprint density at radius 1 is 1.15 bits per heavy atom. The fraction of sp³-hybridized carbons (Fsp3) is 0.150. The SMILES string of the molecule is COc1ccc(C(NC(=O)Cc2csc(-c3ccccc3)n2)C(=O)O)cc1. The first kappa shape index (κ1) is 18.6. The Kier molecular flexibility index (Phi) is 5.83. The molecule has 3 aromatic rings. The molecule has 7 heteroatoms. The van der Waals surface area contributed by atoms with Gasteiger partial charge in [-0.05, 0) is 17.7 Å². The van der Waals surface area contributed by atoms with E-state index in [0.29, 0.717) is 17.0 Å².